The van der Waals surface area contributed by atoms with Crippen molar-refractivity contribution in [1.82, 2.24) is 10.6 Å². The summed E-state index contributed by atoms with van der Waals surface area (Å²) >= 11 is 0. The highest BCUT2D eigenvalue weighted by Gasteiger charge is 1.91. The Balaban J connectivity index is 2.53. The van der Waals surface area contributed by atoms with Crippen LogP contribution < -0.4 is 10.6 Å². The Hall–Kier alpha value is -1.12. The summed E-state index contributed by atoms with van der Waals surface area (Å²) in [6.07, 6.45) is 5.46. The van der Waals surface area contributed by atoms with E-state index in [4.69, 9.17) is 0 Å². The molecule has 2 nitrogen and oxygen atoms in total. The predicted molar refractivity (Wildman–Crippen MR) is 66.8 cm³/mol. The molecule has 0 bridgehead atoms. The highest BCUT2D eigenvalue weighted by Crippen LogP contribution is 2.07. The first-order valence-corrected chi connectivity index (χ1v) is 5.41. The molecular weight excluding hydrogens is 184 g/mol. The van der Waals surface area contributed by atoms with Crippen LogP contribution in [0, 0.1) is 0 Å². The molecule has 0 amide bonds. The van der Waals surface area contributed by atoms with Gasteiger partial charge in [-0.15, -0.1) is 0 Å². The fourth-order valence-electron chi connectivity index (χ4n) is 1.46. The first-order chi connectivity index (χ1) is 7.36. The molecule has 1 aromatic carbocycles. The van der Waals surface area contributed by atoms with Crippen molar-refractivity contribution in [3.63, 3.8) is 0 Å². The summed E-state index contributed by atoms with van der Waals surface area (Å²) < 4.78 is 0. The van der Waals surface area contributed by atoms with Gasteiger partial charge in [0.2, 0.25) is 0 Å². The molecule has 0 heterocycles. The van der Waals surface area contributed by atoms with Crippen LogP contribution in [0.2, 0.25) is 0 Å². The van der Waals surface area contributed by atoms with Crippen molar-refractivity contribution >= 4 is 6.08 Å². The van der Waals surface area contributed by atoms with Gasteiger partial charge < -0.3 is 10.6 Å². The van der Waals surface area contributed by atoms with E-state index >= 15 is 0 Å². The molecule has 0 atom stereocenters. The Bertz CT molecular complexity index is 305. The monoisotopic (exact) mass is 204 g/mol. The number of rotatable bonds is 6. The van der Waals surface area contributed by atoms with Gasteiger partial charge in [0.05, 0.1) is 0 Å². The van der Waals surface area contributed by atoms with E-state index in [1.807, 2.05) is 14.1 Å². The second kappa shape index (κ2) is 7.21. The molecule has 0 aliphatic heterocycles. The van der Waals surface area contributed by atoms with Crippen molar-refractivity contribution in [2.24, 2.45) is 0 Å². The van der Waals surface area contributed by atoms with Gasteiger partial charge in [0.15, 0.2) is 0 Å². The SMILES string of the molecule is CNCCC=Cc1cccc(CNC)c1. The Morgan fingerprint density at radius 1 is 1.20 bits per heavy atom. The van der Waals surface area contributed by atoms with Crippen LogP contribution in [-0.4, -0.2) is 20.6 Å². The number of hydrogen-bond acceptors (Lipinski definition) is 2. The molecule has 0 fully saturated rings. The highest BCUT2D eigenvalue weighted by atomic mass is 14.8. The topological polar surface area (TPSA) is 24.1 Å². The molecule has 0 unspecified atom stereocenters. The summed E-state index contributed by atoms with van der Waals surface area (Å²) in [4.78, 5) is 0. The summed E-state index contributed by atoms with van der Waals surface area (Å²) in [5.74, 6) is 0. The van der Waals surface area contributed by atoms with Gasteiger partial charge in [-0.05, 0) is 38.2 Å². The average molecular weight is 204 g/mol. The van der Waals surface area contributed by atoms with Crippen molar-refractivity contribution in [2.75, 3.05) is 20.6 Å². The van der Waals surface area contributed by atoms with E-state index in [1.165, 1.54) is 11.1 Å². The molecule has 0 saturated carbocycles. The maximum Gasteiger partial charge on any atom is 0.0202 e. The minimum atomic E-state index is 0.929. The predicted octanol–water partition coefficient (Wildman–Crippen LogP) is 2.03. The van der Waals surface area contributed by atoms with Crippen LogP contribution in [0.1, 0.15) is 17.5 Å². The second-order valence-electron chi connectivity index (χ2n) is 3.57. The Kier molecular flexibility index (Phi) is 5.74. The van der Waals surface area contributed by atoms with Crippen LogP contribution in [0.5, 0.6) is 0 Å². The van der Waals surface area contributed by atoms with Crippen LogP contribution in [0.25, 0.3) is 6.08 Å². The summed E-state index contributed by atoms with van der Waals surface area (Å²) in [5.41, 5.74) is 2.60. The first-order valence-electron chi connectivity index (χ1n) is 5.41. The summed E-state index contributed by atoms with van der Waals surface area (Å²) in [7, 11) is 3.94. The van der Waals surface area contributed by atoms with Crippen molar-refractivity contribution < 1.29 is 0 Å². The van der Waals surface area contributed by atoms with Crippen LogP contribution in [0.4, 0.5) is 0 Å². The zero-order valence-electron chi connectivity index (χ0n) is 9.59. The Labute approximate surface area is 92.4 Å². The lowest BCUT2D eigenvalue weighted by atomic mass is 10.1. The lowest BCUT2D eigenvalue weighted by Crippen LogP contribution is -2.05. The Morgan fingerprint density at radius 3 is 2.80 bits per heavy atom. The molecular formula is C13H20N2. The summed E-state index contributed by atoms with van der Waals surface area (Å²) in [6, 6.07) is 8.59. The summed E-state index contributed by atoms with van der Waals surface area (Å²) in [5, 5.41) is 6.28. The van der Waals surface area contributed by atoms with Crippen LogP contribution in [-0.2, 0) is 6.54 Å². The van der Waals surface area contributed by atoms with Crippen LogP contribution in [0.15, 0.2) is 30.3 Å². The normalized spacial score (nSPS) is 11.1. The molecule has 2 N–H and O–H groups in total. The molecule has 0 aromatic heterocycles. The molecule has 0 saturated heterocycles. The molecule has 1 rings (SSSR count). The van der Waals surface area contributed by atoms with Gasteiger partial charge in [-0.1, -0.05) is 36.4 Å². The highest BCUT2D eigenvalue weighted by molar-refractivity contribution is 5.50. The molecule has 0 radical (unpaired) electrons. The van der Waals surface area contributed by atoms with Crippen molar-refractivity contribution in [2.45, 2.75) is 13.0 Å². The molecule has 1 aromatic rings. The summed E-state index contributed by atoms with van der Waals surface area (Å²) in [6.45, 7) is 1.96. The van der Waals surface area contributed by atoms with E-state index in [1.54, 1.807) is 0 Å². The minimum absolute atomic E-state index is 0.929. The van der Waals surface area contributed by atoms with E-state index in [0.717, 1.165) is 19.5 Å². The van der Waals surface area contributed by atoms with Gasteiger partial charge in [-0.3, -0.25) is 0 Å². The molecule has 15 heavy (non-hydrogen) atoms. The third kappa shape index (κ3) is 4.77. The van der Waals surface area contributed by atoms with Gasteiger partial charge in [0.1, 0.15) is 0 Å². The smallest absolute Gasteiger partial charge is 0.0202 e. The van der Waals surface area contributed by atoms with Gasteiger partial charge in [-0.25, -0.2) is 0 Å². The van der Waals surface area contributed by atoms with Gasteiger partial charge in [0.25, 0.3) is 0 Å². The lowest BCUT2D eigenvalue weighted by Gasteiger charge is -2.01. The molecule has 0 spiro atoms. The molecule has 0 aliphatic rings. The van der Waals surface area contributed by atoms with Crippen molar-refractivity contribution in [3.8, 4) is 0 Å². The quantitative estimate of drug-likeness (QED) is 0.693. The van der Waals surface area contributed by atoms with Crippen molar-refractivity contribution in [1.29, 1.82) is 0 Å². The van der Waals surface area contributed by atoms with E-state index in [0.29, 0.717) is 0 Å². The van der Waals surface area contributed by atoms with Crippen LogP contribution in [0.3, 0.4) is 0 Å². The van der Waals surface area contributed by atoms with E-state index < -0.39 is 0 Å². The average Bonchev–Trinajstić information content (AvgIpc) is 2.26. The van der Waals surface area contributed by atoms with E-state index in [-0.39, 0.29) is 0 Å². The fourth-order valence-corrected chi connectivity index (χ4v) is 1.46. The third-order valence-electron chi connectivity index (χ3n) is 2.20. The van der Waals surface area contributed by atoms with E-state index in [2.05, 4.69) is 47.1 Å². The molecule has 2 heteroatoms. The molecule has 82 valence electrons. The molecule has 0 aliphatic carbocycles. The first kappa shape index (κ1) is 12.0. The lowest BCUT2D eigenvalue weighted by molar-refractivity contribution is 0.809. The second-order valence-corrected chi connectivity index (χ2v) is 3.57. The minimum Gasteiger partial charge on any atom is -0.319 e. The fraction of sp³-hybridized carbons (Fsp3) is 0.385. The number of nitrogens with one attached hydrogen (secondary N) is 2. The zero-order valence-corrected chi connectivity index (χ0v) is 9.59. The van der Waals surface area contributed by atoms with Gasteiger partial charge in [-0.2, -0.15) is 0 Å². The Morgan fingerprint density at radius 2 is 2.07 bits per heavy atom. The standard InChI is InChI=1S/C13H20N2/c1-14-9-4-3-6-12-7-5-8-13(10-12)11-15-2/h3,5-8,10,14-15H,4,9,11H2,1-2H3. The van der Waals surface area contributed by atoms with Crippen molar-refractivity contribution in [3.05, 3.63) is 41.5 Å². The number of benzene rings is 1. The van der Waals surface area contributed by atoms with Gasteiger partial charge in [0, 0.05) is 6.54 Å². The van der Waals surface area contributed by atoms with E-state index in [9.17, 15) is 0 Å². The maximum atomic E-state index is 3.15. The van der Waals surface area contributed by atoms with Gasteiger partial charge >= 0.3 is 0 Å². The van der Waals surface area contributed by atoms with Crippen LogP contribution >= 0.6 is 0 Å². The number of hydrogen-bond donors (Lipinski definition) is 2. The largest absolute Gasteiger partial charge is 0.319 e. The maximum absolute atomic E-state index is 3.15. The third-order valence-corrected chi connectivity index (χ3v) is 2.20. The zero-order chi connectivity index (χ0) is 10.9.